The van der Waals surface area contributed by atoms with Crippen LogP contribution in [0.2, 0.25) is 0 Å². The molecule has 1 aromatic heterocycles. The monoisotopic (exact) mass is 283 g/mol. The predicted molar refractivity (Wildman–Crippen MR) is 87.5 cm³/mol. The third kappa shape index (κ3) is 2.30. The number of hydrogen-bond acceptors (Lipinski definition) is 2. The molecule has 2 aromatic rings. The van der Waals surface area contributed by atoms with E-state index in [-0.39, 0.29) is 0 Å². The summed E-state index contributed by atoms with van der Waals surface area (Å²) in [6.07, 6.45) is 3.48. The first-order valence-electron chi connectivity index (χ1n) is 8.00. The summed E-state index contributed by atoms with van der Waals surface area (Å²) in [5.41, 5.74) is 8.17. The molecule has 1 unspecified atom stereocenters. The van der Waals surface area contributed by atoms with E-state index in [1.165, 1.54) is 34.4 Å². The van der Waals surface area contributed by atoms with Gasteiger partial charge in [0, 0.05) is 23.8 Å². The fourth-order valence-electron chi connectivity index (χ4n) is 3.70. The molecule has 0 spiro atoms. The van der Waals surface area contributed by atoms with Crippen LogP contribution < -0.4 is 5.32 Å². The van der Waals surface area contributed by atoms with Gasteiger partial charge in [0.2, 0.25) is 0 Å². The summed E-state index contributed by atoms with van der Waals surface area (Å²) in [6, 6.07) is 7.24. The van der Waals surface area contributed by atoms with Gasteiger partial charge in [-0.1, -0.05) is 25.1 Å². The van der Waals surface area contributed by atoms with Crippen molar-refractivity contribution in [3.8, 4) is 11.1 Å². The van der Waals surface area contributed by atoms with Crippen LogP contribution in [0.15, 0.2) is 18.2 Å². The fraction of sp³-hybridized carbons (Fsp3) is 0.500. The molecule has 0 radical (unpaired) electrons. The zero-order chi connectivity index (χ0) is 15.0. The molecule has 0 saturated heterocycles. The number of nitrogens with one attached hydrogen (secondary N) is 1. The summed E-state index contributed by atoms with van der Waals surface area (Å²) in [5.74, 6) is 0. The number of hydrogen-bond donors (Lipinski definition) is 1. The molecule has 21 heavy (non-hydrogen) atoms. The number of benzene rings is 1. The average molecular weight is 283 g/mol. The second-order valence-electron chi connectivity index (χ2n) is 6.02. The van der Waals surface area contributed by atoms with E-state index in [0.29, 0.717) is 6.04 Å². The van der Waals surface area contributed by atoms with E-state index in [9.17, 15) is 0 Å². The zero-order valence-corrected chi connectivity index (χ0v) is 13.5. The Bertz CT molecular complexity index is 655. The van der Waals surface area contributed by atoms with Crippen LogP contribution in [0, 0.1) is 13.8 Å². The van der Waals surface area contributed by atoms with Gasteiger partial charge in [-0.15, -0.1) is 0 Å². The van der Waals surface area contributed by atoms with Gasteiger partial charge in [0.15, 0.2) is 0 Å². The van der Waals surface area contributed by atoms with Crippen LogP contribution in [-0.2, 0) is 13.0 Å². The number of fused-ring (bicyclic) bond motifs is 1. The Morgan fingerprint density at radius 1 is 1.33 bits per heavy atom. The summed E-state index contributed by atoms with van der Waals surface area (Å²) in [5, 5.41) is 8.17. The highest BCUT2D eigenvalue weighted by Gasteiger charge is 2.25. The molecule has 0 amide bonds. The van der Waals surface area contributed by atoms with Crippen LogP contribution in [0.5, 0.6) is 0 Å². The first-order valence-corrected chi connectivity index (χ1v) is 8.00. The first kappa shape index (κ1) is 14.3. The van der Waals surface area contributed by atoms with Gasteiger partial charge >= 0.3 is 0 Å². The number of rotatable bonds is 4. The Balaban J connectivity index is 2.13. The van der Waals surface area contributed by atoms with E-state index in [1.807, 2.05) is 0 Å². The number of aromatic nitrogens is 2. The molecule has 3 nitrogen and oxygen atoms in total. The molecule has 0 fully saturated rings. The van der Waals surface area contributed by atoms with Gasteiger partial charge in [0.05, 0.1) is 5.69 Å². The Morgan fingerprint density at radius 3 is 2.86 bits per heavy atom. The Labute approximate surface area is 127 Å². The van der Waals surface area contributed by atoms with Gasteiger partial charge in [-0.05, 0) is 56.8 Å². The minimum absolute atomic E-state index is 0.506. The van der Waals surface area contributed by atoms with Crippen molar-refractivity contribution in [2.24, 2.45) is 0 Å². The lowest BCUT2D eigenvalue weighted by Gasteiger charge is -2.12. The van der Waals surface area contributed by atoms with Crippen molar-refractivity contribution in [3.05, 3.63) is 40.7 Å². The summed E-state index contributed by atoms with van der Waals surface area (Å²) in [4.78, 5) is 0. The summed E-state index contributed by atoms with van der Waals surface area (Å²) in [6.45, 7) is 7.54. The normalized spacial score (nSPS) is 17.2. The van der Waals surface area contributed by atoms with E-state index < -0.39 is 0 Å². The molecule has 1 atom stereocenters. The highest BCUT2D eigenvalue weighted by atomic mass is 15.3. The maximum absolute atomic E-state index is 4.74. The molecular weight excluding hydrogens is 258 g/mol. The van der Waals surface area contributed by atoms with E-state index in [1.54, 1.807) is 0 Å². The second-order valence-corrected chi connectivity index (χ2v) is 6.02. The molecule has 112 valence electrons. The van der Waals surface area contributed by atoms with Gasteiger partial charge in [-0.3, -0.25) is 4.68 Å². The zero-order valence-electron chi connectivity index (χ0n) is 13.5. The highest BCUT2D eigenvalue weighted by Crippen LogP contribution is 2.39. The average Bonchev–Trinajstić information content (AvgIpc) is 3.01. The Kier molecular flexibility index (Phi) is 3.85. The van der Waals surface area contributed by atoms with Crippen molar-refractivity contribution >= 4 is 0 Å². The molecule has 3 rings (SSSR count). The summed E-state index contributed by atoms with van der Waals surface area (Å²) >= 11 is 0. The van der Waals surface area contributed by atoms with Crippen molar-refractivity contribution in [2.45, 2.75) is 52.6 Å². The van der Waals surface area contributed by atoms with Gasteiger partial charge in [0.25, 0.3) is 0 Å². The third-order valence-electron chi connectivity index (χ3n) is 4.71. The smallest absolute Gasteiger partial charge is 0.0675 e. The van der Waals surface area contributed by atoms with Crippen molar-refractivity contribution in [3.63, 3.8) is 0 Å². The molecule has 1 heterocycles. The predicted octanol–water partition coefficient (Wildman–Crippen LogP) is 3.78. The van der Waals surface area contributed by atoms with Crippen LogP contribution in [0.4, 0.5) is 0 Å². The SMILES string of the molecule is CCCn1nc(C)c(-c2cccc3c2CCC3NC)c1C. The maximum Gasteiger partial charge on any atom is 0.0675 e. The van der Waals surface area contributed by atoms with E-state index in [2.05, 4.69) is 56.0 Å². The van der Waals surface area contributed by atoms with Crippen LogP contribution in [0.1, 0.15) is 48.3 Å². The quantitative estimate of drug-likeness (QED) is 0.925. The van der Waals surface area contributed by atoms with Gasteiger partial charge in [-0.2, -0.15) is 5.10 Å². The molecule has 1 aliphatic rings. The molecule has 0 saturated carbocycles. The standard InChI is InChI=1S/C18H25N3/c1-5-11-21-13(3)18(12(2)20-21)16-8-6-7-15-14(16)9-10-17(15)19-4/h6-8,17,19H,5,9-11H2,1-4H3. The lowest BCUT2D eigenvalue weighted by atomic mass is 9.95. The van der Waals surface area contributed by atoms with Gasteiger partial charge in [-0.25, -0.2) is 0 Å². The second kappa shape index (κ2) is 5.64. The highest BCUT2D eigenvalue weighted by molar-refractivity contribution is 5.74. The van der Waals surface area contributed by atoms with Crippen molar-refractivity contribution in [1.29, 1.82) is 0 Å². The van der Waals surface area contributed by atoms with Gasteiger partial charge in [0.1, 0.15) is 0 Å². The van der Waals surface area contributed by atoms with Crippen molar-refractivity contribution < 1.29 is 0 Å². The lowest BCUT2D eigenvalue weighted by molar-refractivity contribution is 0.583. The Morgan fingerprint density at radius 2 is 2.14 bits per heavy atom. The summed E-state index contributed by atoms with van der Waals surface area (Å²) < 4.78 is 2.16. The van der Waals surface area contributed by atoms with Crippen LogP contribution in [0.3, 0.4) is 0 Å². The molecule has 0 bridgehead atoms. The van der Waals surface area contributed by atoms with E-state index in [0.717, 1.165) is 25.1 Å². The third-order valence-corrected chi connectivity index (χ3v) is 4.71. The minimum atomic E-state index is 0.506. The molecule has 1 aromatic carbocycles. The van der Waals surface area contributed by atoms with E-state index >= 15 is 0 Å². The van der Waals surface area contributed by atoms with Crippen molar-refractivity contribution in [2.75, 3.05) is 7.05 Å². The van der Waals surface area contributed by atoms with Crippen LogP contribution >= 0.6 is 0 Å². The van der Waals surface area contributed by atoms with Crippen molar-refractivity contribution in [1.82, 2.24) is 15.1 Å². The molecule has 3 heteroatoms. The molecular formula is C18H25N3. The largest absolute Gasteiger partial charge is 0.313 e. The molecule has 1 N–H and O–H groups in total. The minimum Gasteiger partial charge on any atom is -0.313 e. The lowest BCUT2D eigenvalue weighted by Crippen LogP contribution is -2.12. The van der Waals surface area contributed by atoms with Crippen LogP contribution in [0.25, 0.3) is 11.1 Å². The molecule has 0 aliphatic heterocycles. The fourth-order valence-corrected chi connectivity index (χ4v) is 3.70. The van der Waals surface area contributed by atoms with Crippen LogP contribution in [-0.4, -0.2) is 16.8 Å². The maximum atomic E-state index is 4.74. The topological polar surface area (TPSA) is 29.9 Å². The Hall–Kier alpha value is -1.61. The molecule has 1 aliphatic carbocycles. The van der Waals surface area contributed by atoms with Gasteiger partial charge < -0.3 is 5.32 Å². The van der Waals surface area contributed by atoms with E-state index in [4.69, 9.17) is 5.10 Å². The number of nitrogens with zero attached hydrogens (tertiary/aromatic N) is 2. The summed E-state index contributed by atoms with van der Waals surface area (Å²) in [7, 11) is 2.06. The first-order chi connectivity index (χ1) is 10.2. The number of aryl methyl sites for hydroxylation is 2.